The monoisotopic (exact) mass is 287 g/mol. The highest BCUT2D eigenvalue weighted by atomic mass is 32.2. The van der Waals surface area contributed by atoms with Crippen molar-refractivity contribution >= 4 is 34.9 Å². The molecule has 1 aromatic heterocycles. The maximum atomic E-state index is 3.69. The number of hydrogen-bond donors (Lipinski definition) is 1. The second-order valence-corrected chi connectivity index (χ2v) is 7.80. The van der Waals surface area contributed by atoms with Gasteiger partial charge in [-0.3, -0.25) is 0 Å². The summed E-state index contributed by atoms with van der Waals surface area (Å²) in [5, 5.41) is 6.68. The number of aryl methyl sites for hydroxylation is 1. The maximum absolute atomic E-state index is 3.69. The summed E-state index contributed by atoms with van der Waals surface area (Å²) < 4.78 is 0. The molecule has 0 spiro atoms. The minimum absolute atomic E-state index is 0.694. The van der Waals surface area contributed by atoms with Gasteiger partial charge in [-0.2, -0.15) is 23.5 Å². The summed E-state index contributed by atoms with van der Waals surface area (Å²) in [6, 6.07) is 5.11. The van der Waals surface area contributed by atoms with Crippen LogP contribution in [0.15, 0.2) is 17.5 Å². The van der Waals surface area contributed by atoms with E-state index in [1.165, 1.54) is 35.0 Å². The molecule has 4 heteroatoms. The third kappa shape index (κ3) is 4.51. The number of thiophene rings is 1. The van der Waals surface area contributed by atoms with Gasteiger partial charge in [0.25, 0.3) is 0 Å². The molecule has 1 aliphatic rings. The lowest BCUT2D eigenvalue weighted by Crippen LogP contribution is -2.41. The van der Waals surface area contributed by atoms with E-state index in [2.05, 4.69) is 53.3 Å². The van der Waals surface area contributed by atoms with Gasteiger partial charge in [-0.05, 0) is 30.8 Å². The number of thioether (sulfide) groups is 2. The van der Waals surface area contributed by atoms with Crippen LogP contribution in [0.4, 0.5) is 0 Å². The molecule has 1 saturated heterocycles. The molecule has 1 aliphatic heterocycles. The van der Waals surface area contributed by atoms with Gasteiger partial charge >= 0.3 is 0 Å². The Balaban J connectivity index is 1.82. The van der Waals surface area contributed by atoms with E-state index in [9.17, 15) is 0 Å². The highest BCUT2D eigenvalue weighted by Gasteiger charge is 2.23. The van der Waals surface area contributed by atoms with Crippen molar-refractivity contribution < 1.29 is 0 Å². The lowest BCUT2D eigenvalue weighted by atomic mass is 10.1. The van der Waals surface area contributed by atoms with Crippen LogP contribution < -0.4 is 5.32 Å². The smallest absolute Gasteiger partial charge is 0.0292 e. The number of nitrogens with one attached hydrogen (secondary N) is 1. The van der Waals surface area contributed by atoms with Crippen molar-refractivity contribution in [2.24, 2.45) is 0 Å². The Morgan fingerprint density at radius 1 is 1.47 bits per heavy atom. The molecule has 0 aliphatic carbocycles. The summed E-state index contributed by atoms with van der Waals surface area (Å²) in [5.74, 6) is 3.99. The van der Waals surface area contributed by atoms with Crippen LogP contribution in [-0.4, -0.2) is 35.1 Å². The van der Waals surface area contributed by atoms with Crippen LogP contribution in [0.25, 0.3) is 0 Å². The SMILES string of the molecule is CCNC(CCc1cccs1)C1CSCCS1. The molecule has 96 valence electrons. The van der Waals surface area contributed by atoms with Crippen LogP contribution in [-0.2, 0) is 6.42 Å². The summed E-state index contributed by atoms with van der Waals surface area (Å²) in [4.78, 5) is 1.53. The van der Waals surface area contributed by atoms with Gasteiger partial charge in [0, 0.05) is 33.4 Å². The zero-order valence-electron chi connectivity index (χ0n) is 10.4. The Bertz CT molecular complexity index is 294. The molecule has 17 heavy (non-hydrogen) atoms. The lowest BCUT2D eigenvalue weighted by Gasteiger charge is -2.30. The molecule has 0 bridgehead atoms. The van der Waals surface area contributed by atoms with Crippen molar-refractivity contribution in [2.45, 2.75) is 31.1 Å². The van der Waals surface area contributed by atoms with Crippen molar-refractivity contribution in [3.05, 3.63) is 22.4 Å². The van der Waals surface area contributed by atoms with Crippen LogP contribution >= 0.6 is 34.9 Å². The molecule has 1 nitrogen and oxygen atoms in total. The third-order valence-corrected chi connectivity index (χ3v) is 6.90. The molecule has 0 aromatic carbocycles. The van der Waals surface area contributed by atoms with Crippen molar-refractivity contribution in [1.82, 2.24) is 5.32 Å². The normalized spacial score (nSPS) is 22.5. The van der Waals surface area contributed by atoms with Gasteiger partial charge in [-0.15, -0.1) is 11.3 Å². The number of rotatable bonds is 6. The molecular weight excluding hydrogens is 266 g/mol. The predicted molar refractivity (Wildman–Crippen MR) is 83.7 cm³/mol. The quantitative estimate of drug-likeness (QED) is 0.860. The van der Waals surface area contributed by atoms with Gasteiger partial charge in [0.05, 0.1) is 0 Å². The molecule has 1 fully saturated rings. The van der Waals surface area contributed by atoms with E-state index in [1.807, 2.05) is 11.3 Å². The van der Waals surface area contributed by atoms with Gasteiger partial charge < -0.3 is 5.32 Å². The Hall–Kier alpha value is 0.360. The summed E-state index contributed by atoms with van der Waals surface area (Å²) in [6.45, 7) is 3.32. The Morgan fingerprint density at radius 3 is 3.06 bits per heavy atom. The van der Waals surface area contributed by atoms with E-state index >= 15 is 0 Å². The fourth-order valence-corrected chi connectivity index (χ4v) is 5.83. The second kappa shape index (κ2) is 7.72. The Kier molecular flexibility index (Phi) is 6.26. The first-order chi connectivity index (χ1) is 8.40. The van der Waals surface area contributed by atoms with Gasteiger partial charge in [-0.1, -0.05) is 13.0 Å². The Morgan fingerprint density at radius 2 is 2.41 bits per heavy atom. The fraction of sp³-hybridized carbons (Fsp3) is 0.692. The molecule has 1 aromatic rings. The first kappa shape index (κ1) is 13.8. The molecule has 2 unspecified atom stereocenters. The van der Waals surface area contributed by atoms with Crippen molar-refractivity contribution in [2.75, 3.05) is 23.8 Å². The van der Waals surface area contributed by atoms with Crippen molar-refractivity contribution in [3.63, 3.8) is 0 Å². The standard InChI is InChI=1S/C13H21NS3/c1-2-14-12(13-10-15-8-9-17-13)6-5-11-4-3-7-16-11/h3-4,7,12-14H,2,5-6,8-10H2,1H3. The number of hydrogen-bond acceptors (Lipinski definition) is 4. The molecule has 1 N–H and O–H groups in total. The second-order valence-electron chi connectivity index (χ2n) is 4.27. The zero-order valence-corrected chi connectivity index (χ0v) is 12.8. The van der Waals surface area contributed by atoms with E-state index in [1.54, 1.807) is 0 Å². The van der Waals surface area contributed by atoms with Crippen molar-refractivity contribution in [1.29, 1.82) is 0 Å². The van der Waals surface area contributed by atoms with E-state index < -0.39 is 0 Å². The Labute approximate surface area is 117 Å². The maximum Gasteiger partial charge on any atom is 0.0292 e. The summed E-state index contributed by atoms with van der Waals surface area (Å²) >= 11 is 6.18. The third-order valence-electron chi connectivity index (χ3n) is 3.04. The molecule has 0 saturated carbocycles. The van der Waals surface area contributed by atoms with Crippen LogP contribution in [0, 0.1) is 0 Å². The average molecular weight is 288 g/mol. The largest absolute Gasteiger partial charge is 0.313 e. The molecule has 2 atom stereocenters. The highest BCUT2D eigenvalue weighted by Crippen LogP contribution is 2.28. The van der Waals surface area contributed by atoms with Gasteiger partial charge in [0.2, 0.25) is 0 Å². The van der Waals surface area contributed by atoms with Crippen LogP contribution in [0.3, 0.4) is 0 Å². The molecular formula is C13H21NS3. The van der Waals surface area contributed by atoms with Crippen molar-refractivity contribution in [3.8, 4) is 0 Å². The topological polar surface area (TPSA) is 12.0 Å². The molecule has 0 radical (unpaired) electrons. The van der Waals surface area contributed by atoms with Gasteiger partial charge in [0.1, 0.15) is 0 Å². The van der Waals surface area contributed by atoms with Crippen LogP contribution in [0.1, 0.15) is 18.2 Å². The summed E-state index contributed by atoms with van der Waals surface area (Å²) in [5.41, 5.74) is 0. The molecule has 2 rings (SSSR count). The predicted octanol–water partition coefficient (Wildman–Crippen LogP) is 3.51. The van der Waals surface area contributed by atoms with E-state index in [-0.39, 0.29) is 0 Å². The lowest BCUT2D eigenvalue weighted by molar-refractivity contribution is 0.493. The molecule has 0 amide bonds. The summed E-state index contributed by atoms with van der Waals surface area (Å²) in [7, 11) is 0. The van der Waals surface area contributed by atoms with Gasteiger partial charge in [0.15, 0.2) is 0 Å². The molecule has 2 heterocycles. The van der Waals surface area contributed by atoms with Crippen LogP contribution in [0.2, 0.25) is 0 Å². The minimum Gasteiger partial charge on any atom is -0.313 e. The van der Waals surface area contributed by atoms with Gasteiger partial charge in [-0.25, -0.2) is 0 Å². The zero-order chi connectivity index (χ0) is 11.9. The average Bonchev–Trinajstić information content (AvgIpc) is 2.88. The van der Waals surface area contributed by atoms with E-state index in [0.29, 0.717) is 6.04 Å². The summed E-state index contributed by atoms with van der Waals surface area (Å²) in [6.07, 6.45) is 2.52. The van der Waals surface area contributed by atoms with Crippen LogP contribution in [0.5, 0.6) is 0 Å². The first-order valence-corrected chi connectivity index (χ1v) is 9.43. The van der Waals surface area contributed by atoms with E-state index in [0.717, 1.165) is 11.8 Å². The van der Waals surface area contributed by atoms with E-state index in [4.69, 9.17) is 0 Å². The highest BCUT2D eigenvalue weighted by molar-refractivity contribution is 8.06. The first-order valence-electron chi connectivity index (χ1n) is 6.35. The fourth-order valence-electron chi connectivity index (χ4n) is 2.17. The minimum atomic E-state index is 0.694.